The molecule has 0 aliphatic heterocycles. The van der Waals surface area contributed by atoms with Gasteiger partial charge in [0.1, 0.15) is 6.61 Å². The lowest BCUT2D eigenvalue weighted by atomic mass is 10.1. The Kier molecular flexibility index (Phi) is 31.1. The molecule has 236 valence electrons. The molecule has 0 rings (SSSR count). The van der Waals surface area contributed by atoms with Gasteiger partial charge in [-0.3, -0.25) is 9.59 Å². The third-order valence-corrected chi connectivity index (χ3v) is 7.56. The van der Waals surface area contributed by atoms with Crippen molar-refractivity contribution in [2.75, 3.05) is 13.2 Å². The van der Waals surface area contributed by atoms with E-state index < -0.39 is 6.10 Å². The van der Waals surface area contributed by atoms with Crippen LogP contribution in [-0.2, 0) is 19.1 Å². The fraction of sp³-hybridized carbons (Fsp3) is 0.886. The number of unbranched alkanes of at least 4 members (excludes halogenated alkanes) is 21. The van der Waals surface area contributed by atoms with Crippen LogP contribution in [0.5, 0.6) is 0 Å². The predicted molar refractivity (Wildman–Crippen MR) is 168 cm³/mol. The first-order chi connectivity index (χ1) is 19.6. The highest BCUT2D eigenvalue weighted by molar-refractivity contribution is 5.70. The summed E-state index contributed by atoms with van der Waals surface area (Å²) in [6.07, 6.45) is 34.0. The maximum Gasteiger partial charge on any atom is 0.306 e. The molecule has 0 bridgehead atoms. The van der Waals surface area contributed by atoms with Gasteiger partial charge in [-0.15, -0.1) is 0 Å². The number of carbonyl (C=O) groups excluding carboxylic acids is 2. The SMILES string of the molecule is CCCCCCC=CCCCCCCCCCC(=O)OCC(CO)OC(=O)CCCCCCCCCCCCC. The molecule has 0 fully saturated rings. The lowest BCUT2D eigenvalue weighted by molar-refractivity contribution is -0.161. The van der Waals surface area contributed by atoms with Crippen LogP contribution < -0.4 is 0 Å². The maximum absolute atomic E-state index is 12.1. The number of hydrogen-bond acceptors (Lipinski definition) is 5. The van der Waals surface area contributed by atoms with Gasteiger partial charge in [-0.1, -0.05) is 142 Å². The van der Waals surface area contributed by atoms with Crippen molar-refractivity contribution in [1.82, 2.24) is 0 Å². The number of ether oxygens (including phenoxy) is 2. The number of carbonyl (C=O) groups is 2. The van der Waals surface area contributed by atoms with E-state index in [1.165, 1.54) is 116 Å². The van der Waals surface area contributed by atoms with E-state index in [0.29, 0.717) is 12.8 Å². The molecule has 0 saturated heterocycles. The minimum absolute atomic E-state index is 0.0630. The van der Waals surface area contributed by atoms with Gasteiger partial charge in [0.2, 0.25) is 0 Å². The van der Waals surface area contributed by atoms with Gasteiger partial charge in [0.25, 0.3) is 0 Å². The third kappa shape index (κ3) is 29.6. The Morgan fingerprint density at radius 2 is 0.925 bits per heavy atom. The molecule has 1 atom stereocenters. The summed E-state index contributed by atoms with van der Waals surface area (Å²) in [7, 11) is 0. The standard InChI is InChI=1S/C35H66O5/c1-3-5-7-9-11-13-15-16-17-18-20-21-23-25-27-29-34(37)39-32-33(31-36)40-35(38)30-28-26-24-22-19-14-12-10-8-6-4-2/h13,15,33,36H,3-12,14,16-32H2,1-2H3. The van der Waals surface area contributed by atoms with Crippen LogP contribution in [0.1, 0.15) is 181 Å². The predicted octanol–water partition coefficient (Wildman–Crippen LogP) is 10.2. The number of aliphatic hydroxyl groups is 1. The average molecular weight is 567 g/mol. The second-order valence-corrected chi connectivity index (χ2v) is 11.6. The van der Waals surface area contributed by atoms with Crippen LogP contribution in [-0.4, -0.2) is 36.4 Å². The fourth-order valence-electron chi connectivity index (χ4n) is 4.90. The molecule has 0 aliphatic carbocycles. The van der Waals surface area contributed by atoms with Crippen molar-refractivity contribution < 1.29 is 24.2 Å². The van der Waals surface area contributed by atoms with Crippen LogP contribution in [0.3, 0.4) is 0 Å². The Bertz CT molecular complexity index is 574. The molecule has 5 nitrogen and oxygen atoms in total. The van der Waals surface area contributed by atoms with Gasteiger partial charge in [0.15, 0.2) is 6.10 Å². The number of allylic oxidation sites excluding steroid dienone is 2. The summed E-state index contributed by atoms with van der Waals surface area (Å²) in [5.41, 5.74) is 0. The molecule has 5 heteroatoms. The van der Waals surface area contributed by atoms with Crippen molar-refractivity contribution in [3.8, 4) is 0 Å². The molecule has 0 radical (unpaired) electrons. The quantitative estimate of drug-likeness (QED) is 0.0513. The molecule has 40 heavy (non-hydrogen) atoms. The zero-order chi connectivity index (χ0) is 29.4. The van der Waals surface area contributed by atoms with E-state index in [2.05, 4.69) is 26.0 Å². The Labute approximate surface area is 248 Å². The number of rotatable bonds is 31. The van der Waals surface area contributed by atoms with Crippen LogP contribution in [0.2, 0.25) is 0 Å². The molecule has 1 N–H and O–H groups in total. The second kappa shape index (κ2) is 32.2. The fourth-order valence-corrected chi connectivity index (χ4v) is 4.90. The van der Waals surface area contributed by atoms with E-state index in [1.54, 1.807) is 0 Å². The highest BCUT2D eigenvalue weighted by Crippen LogP contribution is 2.13. The van der Waals surface area contributed by atoms with Crippen LogP contribution in [0, 0.1) is 0 Å². The van der Waals surface area contributed by atoms with Gasteiger partial charge in [0, 0.05) is 12.8 Å². The first-order valence-corrected chi connectivity index (χ1v) is 17.2. The Hall–Kier alpha value is -1.36. The van der Waals surface area contributed by atoms with Gasteiger partial charge < -0.3 is 14.6 Å². The van der Waals surface area contributed by atoms with E-state index in [1.807, 2.05) is 0 Å². The molecule has 1 unspecified atom stereocenters. The smallest absolute Gasteiger partial charge is 0.306 e. The monoisotopic (exact) mass is 566 g/mol. The third-order valence-electron chi connectivity index (χ3n) is 7.56. The summed E-state index contributed by atoms with van der Waals surface area (Å²) in [4.78, 5) is 24.1. The Balaban J connectivity index is 3.55. The van der Waals surface area contributed by atoms with Gasteiger partial charge in [-0.25, -0.2) is 0 Å². The highest BCUT2D eigenvalue weighted by Gasteiger charge is 2.16. The summed E-state index contributed by atoms with van der Waals surface area (Å²) >= 11 is 0. The van der Waals surface area contributed by atoms with Crippen LogP contribution in [0.4, 0.5) is 0 Å². The van der Waals surface area contributed by atoms with E-state index in [9.17, 15) is 14.7 Å². The Morgan fingerprint density at radius 1 is 0.550 bits per heavy atom. The van der Waals surface area contributed by atoms with Crippen molar-refractivity contribution in [3.63, 3.8) is 0 Å². The minimum Gasteiger partial charge on any atom is -0.462 e. The van der Waals surface area contributed by atoms with E-state index in [4.69, 9.17) is 9.47 Å². The van der Waals surface area contributed by atoms with Gasteiger partial charge >= 0.3 is 11.9 Å². The number of aliphatic hydroxyl groups excluding tert-OH is 1. The van der Waals surface area contributed by atoms with Crippen molar-refractivity contribution >= 4 is 11.9 Å². The van der Waals surface area contributed by atoms with E-state index >= 15 is 0 Å². The molecule has 0 aromatic carbocycles. The van der Waals surface area contributed by atoms with Crippen molar-refractivity contribution in [2.45, 2.75) is 187 Å². The van der Waals surface area contributed by atoms with E-state index in [-0.39, 0.29) is 25.2 Å². The first kappa shape index (κ1) is 38.6. The molecule has 0 aromatic rings. The molecule has 0 saturated carbocycles. The summed E-state index contributed by atoms with van der Waals surface area (Å²) in [5.74, 6) is -0.592. The first-order valence-electron chi connectivity index (χ1n) is 17.2. The molecular formula is C35H66O5. The van der Waals surface area contributed by atoms with Crippen molar-refractivity contribution in [1.29, 1.82) is 0 Å². The largest absolute Gasteiger partial charge is 0.462 e. The number of esters is 2. The maximum atomic E-state index is 12.1. The van der Waals surface area contributed by atoms with Crippen molar-refractivity contribution in [3.05, 3.63) is 12.2 Å². The normalized spacial score (nSPS) is 12.2. The molecule has 0 aromatic heterocycles. The summed E-state index contributed by atoms with van der Waals surface area (Å²) in [6.45, 7) is 4.11. The van der Waals surface area contributed by atoms with Crippen LogP contribution >= 0.6 is 0 Å². The van der Waals surface area contributed by atoms with Gasteiger partial charge in [-0.05, 0) is 38.5 Å². The van der Waals surface area contributed by atoms with Gasteiger partial charge in [0.05, 0.1) is 6.61 Å². The topological polar surface area (TPSA) is 72.8 Å². The van der Waals surface area contributed by atoms with Crippen molar-refractivity contribution in [2.24, 2.45) is 0 Å². The van der Waals surface area contributed by atoms with E-state index in [0.717, 1.165) is 38.5 Å². The second-order valence-electron chi connectivity index (χ2n) is 11.6. The summed E-state index contributed by atoms with van der Waals surface area (Å²) in [5, 5.41) is 9.49. The summed E-state index contributed by atoms with van der Waals surface area (Å²) in [6, 6.07) is 0. The van der Waals surface area contributed by atoms with Crippen LogP contribution in [0.15, 0.2) is 12.2 Å². The zero-order valence-electron chi connectivity index (χ0n) is 26.6. The molecule has 0 aliphatic rings. The summed E-state index contributed by atoms with van der Waals surface area (Å²) < 4.78 is 10.5. The Morgan fingerprint density at radius 3 is 1.38 bits per heavy atom. The molecule has 0 heterocycles. The van der Waals surface area contributed by atoms with Crippen LogP contribution in [0.25, 0.3) is 0 Å². The molecule has 0 amide bonds. The average Bonchev–Trinajstić information content (AvgIpc) is 2.96. The lowest BCUT2D eigenvalue weighted by Crippen LogP contribution is -2.28. The molecular weight excluding hydrogens is 500 g/mol. The van der Waals surface area contributed by atoms with Gasteiger partial charge in [-0.2, -0.15) is 0 Å². The highest BCUT2D eigenvalue weighted by atomic mass is 16.6. The number of hydrogen-bond donors (Lipinski definition) is 1. The minimum atomic E-state index is -0.764. The molecule has 0 spiro atoms. The zero-order valence-corrected chi connectivity index (χ0v) is 26.6. The lowest BCUT2D eigenvalue weighted by Gasteiger charge is -2.15.